The van der Waals surface area contributed by atoms with Crippen LogP contribution >= 0.6 is 0 Å². The van der Waals surface area contributed by atoms with Crippen molar-refractivity contribution in [3.63, 3.8) is 0 Å². The molecule has 0 aliphatic carbocycles. The van der Waals surface area contributed by atoms with E-state index in [1.807, 2.05) is 6.92 Å². The summed E-state index contributed by atoms with van der Waals surface area (Å²) in [6.45, 7) is 5.58. The van der Waals surface area contributed by atoms with Crippen LogP contribution in [-0.4, -0.2) is 30.3 Å². The summed E-state index contributed by atoms with van der Waals surface area (Å²) in [4.78, 5) is 21.8. The number of hydrogen-bond acceptors (Lipinski definition) is 4. The molecule has 1 rings (SSSR count). The first kappa shape index (κ1) is 14.8. The van der Waals surface area contributed by atoms with Gasteiger partial charge in [0.05, 0.1) is 13.2 Å². The van der Waals surface area contributed by atoms with Gasteiger partial charge in [0.2, 0.25) is 0 Å². The van der Waals surface area contributed by atoms with Gasteiger partial charge < -0.3 is 14.6 Å². The van der Waals surface area contributed by atoms with E-state index in [4.69, 9.17) is 14.6 Å². The summed E-state index contributed by atoms with van der Waals surface area (Å²) in [5.74, 6) is -1.28. The molecule has 0 spiro atoms. The Morgan fingerprint density at radius 1 is 1.37 bits per heavy atom. The minimum Gasteiger partial charge on any atom is -0.492 e. The second kappa shape index (κ2) is 7.20. The number of carboxylic acids is 1. The molecule has 0 fully saturated rings. The average molecular weight is 264 g/mol. The van der Waals surface area contributed by atoms with Gasteiger partial charge in [-0.2, -0.15) is 0 Å². The first-order valence-electron chi connectivity index (χ1n) is 5.79. The van der Waals surface area contributed by atoms with Crippen molar-refractivity contribution < 1.29 is 24.2 Å². The predicted octanol–water partition coefficient (Wildman–Crippen LogP) is 2.13. The molecular weight excluding hydrogens is 248 g/mol. The van der Waals surface area contributed by atoms with Gasteiger partial charge in [0.25, 0.3) is 0 Å². The molecule has 0 aliphatic rings. The van der Waals surface area contributed by atoms with Gasteiger partial charge in [-0.05, 0) is 12.1 Å². The number of para-hydroxylation sites is 1. The van der Waals surface area contributed by atoms with E-state index in [0.29, 0.717) is 5.75 Å². The zero-order valence-electron chi connectivity index (χ0n) is 10.7. The zero-order valence-corrected chi connectivity index (χ0v) is 10.7. The number of aromatic carboxylic acids is 1. The molecule has 1 aromatic rings. The van der Waals surface area contributed by atoms with Crippen LogP contribution in [0.3, 0.4) is 0 Å². The van der Waals surface area contributed by atoms with Gasteiger partial charge in [-0.1, -0.05) is 25.6 Å². The smallest absolute Gasteiger partial charge is 0.339 e. The van der Waals surface area contributed by atoms with Crippen LogP contribution in [0.1, 0.15) is 17.3 Å². The summed E-state index contributed by atoms with van der Waals surface area (Å²) in [7, 11) is 0. The summed E-state index contributed by atoms with van der Waals surface area (Å²) >= 11 is 0. The van der Waals surface area contributed by atoms with E-state index < -0.39 is 11.9 Å². The van der Waals surface area contributed by atoms with Crippen LogP contribution in [-0.2, 0) is 9.53 Å². The third-order valence-corrected chi connectivity index (χ3v) is 2.32. The lowest BCUT2D eigenvalue weighted by Crippen LogP contribution is -2.17. The maximum Gasteiger partial charge on any atom is 0.339 e. The van der Waals surface area contributed by atoms with Crippen molar-refractivity contribution in [2.24, 2.45) is 5.92 Å². The van der Waals surface area contributed by atoms with Crippen molar-refractivity contribution in [2.45, 2.75) is 6.92 Å². The van der Waals surface area contributed by atoms with E-state index >= 15 is 0 Å². The molecule has 0 radical (unpaired) electrons. The van der Waals surface area contributed by atoms with Gasteiger partial charge in [0.15, 0.2) is 0 Å². The summed E-state index contributed by atoms with van der Waals surface area (Å²) in [5.41, 5.74) is 0.109. The fourth-order valence-corrected chi connectivity index (χ4v) is 1.33. The van der Waals surface area contributed by atoms with Gasteiger partial charge >= 0.3 is 11.9 Å². The highest BCUT2D eigenvalue weighted by atomic mass is 16.5. The number of benzene rings is 1. The van der Waals surface area contributed by atoms with Crippen molar-refractivity contribution in [3.05, 3.63) is 42.5 Å². The number of ether oxygens (including phenoxy) is 2. The normalized spacial score (nSPS) is 11.4. The number of carbonyl (C=O) groups is 2. The fraction of sp³-hybridized carbons (Fsp3) is 0.286. The molecule has 0 heterocycles. The Bertz CT molecular complexity index is 467. The Morgan fingerprint density at radius 2 is 2.05 bits per heavy atom. The molecule has 5 heteroatoms. The van der Waals surface area contributed by atoms with Crippen LogP contribution < -0.4 is 4.74 Å². The Balaban J connectivity index is 2.50. The lowest BCUT2D eigenvalue weighted by molar-refractivity contribution is -0.139. The molecule has 0 saturated carbocycles. The highest BCUT2D eigenvalue weighted by Crippen LogP contribution is 2.18. The highest BCUT2D eigenvalue weighted by Gasteiger charge is 2.12. The second-order valence-electron chi connectivity index (χ2n) is 4.05. The molecule has 0 aromatic heterocycles. The third-order valence-electron chi connectivity index (χ3n) is 2.32. The molecular formula is C14H16O5. The predicted molar refractivity (Wildman–Crippen MR) is 69.2 cm³/mol. The van der Waals surface area contributed by atoms with Crippen LogP contribution in [0.2, 0.25) is 0 Å². The Hall–Kier alpha value is -2.30. The lowest BCUT2D eigenvalue weighted by atomic mass is 10.2. The molecule has 1 atom stereocenters. The molecule has 0 bridgehead atoms. The fourth-order valence-electron chi connectivity index (χ4n) is 1.33. The van der Waals surface area contributed by atoms with Gasteiger partial charge in [0.1, 0.15) is 11.3 Å². The molecule has 1 aromatic carbocycles. The average Bonchev–Trinajstić information content (AvgIpc) is 2.42. The Kier molecular flexibility index (Phi) is 5.60. The number of carbonyl (C=O) groups excluding carboxylic acids is 1. The monoisotopic (exact) mass is 264 g/mol. The quantitative estimate of drug-likeness (QED) is 0.603. The summed E-state index contributed by atoms with van der Waals surface area (Å²) in [6, 6.07) is 6.39. The van der Waals surface area contributed by atoms with Crippen molar-refractivity contribution >= 4 is 11.9 Å². The largest absolute Gasteiger partial charge is 0.492 e. The standard InChI is InChI=1S/C14H16O5/c1-3-13(15)19-9-10(2)8-18-12-7-5-4-6-11(12)14(16)17/h3-7,10H,1,8-9H2,2H3,(H,16,17). The van der Waals surface area contributed by atoms with Gasteiger partial charge in [0, 0.05) is 12.0 Å². The van der Waals surface area contributed by atoms with Gasteiger partial charge in [-0.15, -0.1) is 0 Å². The second-order valence-corrected chi connectivity index (χ2v) is 4.05. The van der Waals surface area contributed by atoms with Crippen LogP contribution in [0.5, 0.6) is 5.75 Å². The topological polar surface area (TPSA) is 72.8 Å². The van der Waals surface area contributed by atoms with Crippen molar-refractivity contribution in [2.75, 3.05) is 13.2 Å². The highest BCUT2D eigenvalue weighted by molar-refractivity contribution is 5.90. The Morgan fingerprint density at radius 3 is 2.68 bits per heavy atom. The van der Waals surface area contributed by atoms with Crippen molar-refractivity contribution in [3.8, 4) is 5.75 Å². The van der Waals surface area contributed by atoms with Crippen LogP contribution in [0.25, 0.3) is 0 Å². The molecule has 0 saturated heterocycles. The number of rotatable bonds is 7. The van der Waals surface area contributed by atoms with E-state index in [1.165, 1.54) is 6.07 Å². The van der Waals surface area contributed by atoms with Crippen molar-refractivity contribution in [1.82, 2.24) is 0 Å². The van der Waals surface area contributed by atoms with Gasteiger partial charge in [-0.25, -0.2) is 9.59 Å². The molecule has 5 nitrogen and oxygen atoms in total. The molecule has 1 unspecified atom stereocenters. The summed E-state index contributed by atoms with van der Waals surface area (Å²) < 4.78 is 10.3. The lowest BCUT2D eigenvalue weighted by Gasteiger charge is -2.14. The maximum absolute atomic E-state index is 11.0. The zero-order chi connectivity index (χ0) is 14.3. The van der Waals surface area contributed by atoms with Crippen LogP contribution in [0.15, 0.2) is 36.9 Å². The number of esters is 1. The van der Waals surface area contributed by atoms with E-state index in [1.54, 1.807) is 18.2 Å². The molecule has 102 valence electrons. The van der Waals surface area contributed by atoms with Crippen LogP contribution in [0, 0.1) is 5.92 Å². The van der Waals surface area contributed by atoms with E-state index in [9.17, 15) is 9.59 Å². The molecule has 19 heavy (non-hydrogen) atoms. The van der Waals surface area contributed by atoms with E-state index in [0.717, 1.165) is 6.08 Å². The first-order chi connectivity index (χ1) is 9.04. The molecule has 0 aliphatic heterocycles. The minimum absolute atomic E-state index is 0.0502. The molecule has 1 N–H and O–H groups in total. The first-order valence-corrected chi connectivity index (χ1v) is 5.79. The molecule has 0 amide bonds. The maximum atomic E-state index is 11.0. The Labute approximate surface area is 111 Å². The number of hydrogen-bond donors (Lipinski definition) is 1. The van der Waals surface area contributed by atoms with E-state index in [2.05, 4.69) is 6.58 Å². The van der Waals surface area contributed by atoms with Crippen LogP contribution in [0.4, 0.5) is 0 Å². The van der Waals surface area contributed by atoms with Gasteiger partial charge in [-0.3, -0.25) is 0 Å². The van der Waals surface area contributed by atoms with Crippen molar-refractivity contribution in [1.29, 1.82) is 0 Å². The summed E-state index contributed by atoms with van der Waals surface area (Å²) in [5, 5.41) is 8.98. The number of carboxylic acid groups (broad SMARTS) is 1. The summed E-state index contributed by atoms with van der Waals surface area (Å²) in [6.07, 6.45) is 1.09. The minimum atomic E-state index is -1.04. The van der Waals surface area contributed by atoms with E-state index in [-0.39, 0.29) is 24.7 Å². The third kappa shape index (κ3) is 4.83. The SMILES string of the molecule is C=CC(=O)OCC(C)COc1ccccc1C(=O)O.